The Kier molecular flexibility index (Phi) is 7.30. The van der Waals surface area contributed by atoms with Gasteiger partial charge in [-0.2, -0.15) is 0 Å². The van der Waals surface area contributed by atoms with Crippen molar-refractivity contribution in [2.75, 3.05) is 0 Å². The molecule has 4 nitrogen and oxygen atoms in total. The molecule has 0 aliphatic rings. The van der Waals surface area contributed by atoms with Crippen LogP contribution in [0.4, 0.5) is 0 Å². The molecule has 0 aliphatic carbocycles. The van der Waals surface area contributed by atoms with Crippen molar-refractivity contribution in [1.82, 2.24) is 9.55 Å². The molecule has 0 bridgehead atoms. The van der Waals surface area contributed by atoms with Gasteiger partial charge in [-0.05, 0) is 105 Å². The molecule has 276 valence electrons. The van der Waals surface area contributed by atoms with Crippen molar-refractivity contribution < 1.29 is 11.6 Å². The van der Waals surface area contributed by atoms with E-state index in [4.69, 9.17) is 13.8 Å². The van der Waals surface area contributed by atoms with Crippen LogP contribution in [0.3, 0.4) is 0 Å². The standard InChI is InChI=1S/C52H46N2O2/c1-30(2)41-27-35(33-14-9-8-10-15-33)28-42(31(3)4)46(41)54-47-43-26-32(29-52(5,6)7)20-21-34(43)22-25-44(47)53-51(54)40-18-13-17-37-39-24-23-38-36-16-11-12-19-45(36)55-49(38)50(39)56-48(37)40/h8-28,30-31H,29H2,1-7H3/i29D2. The van der Waals surface area contributed by atoms with Crippen LogP contribution in [0.1, 0.15) is 79.7 Å². The molecule has 3 heterocycles. The number of furan rings is 2. The molecule has 7 aromatic carbocycles. The van der Waals surface area contributed by atoms with Crippen LogP contribution in [0.2, 0.25) is 0 Å². The molecule has 0 fully saturated rings. The van der Waals surface area contributed by atoms with E-state index < -0.39 is 11.8 Å². The number of fused-ring (bicyclic) bond motifs is 10. The molecule has 0 aliphatic heterocycles. The van der Waals surface area contributed by atoms with Crippen LogP contribution in [0.5, 0.6) is 0 Å². The minimum absolute atomic E-state index is 0.172. The Morgan fingerprint density at radius 3 is 1.98 bits per heavy atom. The first-order valence-electron chi connectivity index (χ1n) is 20.8. The van der Waals surface area contributed by atoms with Crippen LogP contribution in [0, 0.1) is 5.41 Å². The summed E-state index contributed by atoms with van der Waals surface area (Å²) in [6, 6.07) is 44.4. The van der Waals surface area contributed by atoms with Crippen LogP contribution in [0.25, 0.3) is 93.9 Å². The fourth-order valence-corrected chi connectivity index (χ4v) is 8.63. The number of hydrogen-bond donors (Lipinski definition) is 0. The summed E-state index contributed by atoms with van der Waals surface area (Å²) < 4.78 is 34.5. The van der Waals surface area contributed by atoms with Gasteiger partial charge in [0.05, 0.1) is 22.3 Å². The second kappa shape index (κ2) is 12.7. The first-order valence-corrected chi connectivity index (χ1v) is 19.8. The third-order valence-electron chi connectivity index (χ3n) is 11.1. The van der Waals surface area contributed by atoms with Gasteiger partial charge in [0.2, 0.25) is 0 Å². The van der Waals surface area contributed by atoms with Crippen molar-refractivity contribution >= 4 is 65.7 Å². The van der Waals surface area contributed by atoms with Gasteiger partial charge in [-0.3, -0.25) is 4.57 Å². The third kappa shape index (κ3) is 5.45. The predicted molar refractivity (Wildman–Crippen MR) is 235 cm³/mol. The number of rotatable bonds is 6. The van der Waals surface area contributed by atoms with Crippen molar-refractivity contribution in [1.29, 1.82) is 0 Å². The van der Waals surface area contributed by atoms with E-state index in [0.717, 1.165) is 82.8 Å². The summed E-state index contributed by atoms with van der Waals surface area (Å²) in [5.74, 6) is 1.12. The van der Waals surface area contributed by atoms with Gasteiger partial charge in [0.1, 0.15) is 17.0 Å². The highest BCUT2D eigenvalue weighted by Gasteiger charge is 2.27. The fourth-order valence-electron chi connectivity index (χ4n) is 8.63. The van der Waals surface area contributed by atoms with Crippen LogP contribution in [-0.2, 0) is 6.37 Å². The van der Waals surface area contributed by atoms with Crippen LogP contribution >= 0.6 is 0 Å². The molecule has 0 spiro atoms. The van der Waals surface area contributed by atoms with Gasteiger partial charge in [-0.15, -0.1) is 0 Å². The topological polar surface area (TPSA) is 44.1 Å². The lowest BCUT2D eigenvalue weighted by Crippen LogP contribution is -2.10. The van der Waals surface area contributed by atoms with Crippen molar-refractivity contribution in [3.8, 4) is 28.2 Å². The lowest BCUT2D eigenvalue weighted by atomic mass is 9.87. The highest BCUT2D eigenvalue weighted by Crippen LogP contribution is 2.45. The molecular weight excluding hydrogens is 685 g/mol. The smallest absolute Gasteiger partial charge is 0.178 e. The van der Waals surface area contributed by atoms with E-state index in [2.05, 4.69) is 135 Å². The van der Waals surface area contributed by atoms with Crippen molar-refractivity contribution in [3.63, 3.8) is 0 Å². The maximum absolute atomic E-state index is 9.31. The van der Waals surface area contributed by atoms with Crippen molar-refractivity contribution in [3.05, 3.63) is 144 Å². The Balaban J connectivity index is 1.35. The van der Waals surface area contributed by atoms with Crippen molar-refractivity contribution in [2.45, 2.75) is 66.7 Å². The van der Waals surface area contributed by atoms with E-state index in [0.29, 0.717) is 5.56 Å². The van der Waals surface area contributed by atoms with Crippen molar-refractivity contribution in [2.24, 2.45) is 5.41 Å². The minimum Gasteiger partial charge on any atom is -0.452 e. The maximum atomic E-state index is 9.31. The Labute approximate surface area is 330 Å². The quantitative estimate of drug-likeness (QED) is 0.171. The molecule has 56 heavy (non-hydrogen) atoms. The lowest BCUT2D eigenvalue weighted by molar-refractivity contribution is 0.411. The molecule has 3 aromatic heterocycles. The lowest BCUT2D eigenvalue weighted by Gasteiger charge is -2.25. The summed E-state index contributed by atoms with van der Waals surface area (Å²) in [5.41, 5.74) is 11.6. The third-order valence-corrected chi connectivity index (χ3v) is 11.1. The first kappa shape index (κ1) is 32.1. The Morgan fingerprint density at radius 2 is 1.25 bits per heavy atom. The summed E-state index contributed by atoms with van der Waals surface area (Å²) >= 11 is 0. The molecule has 10 aromatic rings. The predicted octanol–water partition coefficient (Wildman–Crippen LogP) is 15.1. The van der Waals surface area contributed by atoms with Crippen LogP contribution < -0.4 is 0 Å². The summed E-state index contributed by atoms with van der Waals surface area (Å²) in [7, 11) is 0. The number of imidazole rings is 1. The fraction of sp³-hybridized carbons (Fsp3) is 0.212. The average molecular weight is 733 g/mol. The summed E-state index contributed by atoms with van der Waals surface area (Å²) in [5, 5.41) is 6.05. The van der Waals surface area contributed by atoms with Gasteiger partial charge in [0, 0.05) is 29.7 Å². The second-order valence-electron chi connectivity index (χ2n) is 16.9. The van der Waals surface area contributed by atoms with Gasteiger partial charge in [0.25, 0.3) is 0 Å². The SMILES string of the molecule is [2H]C([2H])(c1ccc2ccc3nc(-c4cccc5c4oc4c5ccc5c6ccccc6oc54)n(-c4c(C(C)C)cc(-c5ccccc5)cc4C(C)C)c3c2c1)C(C)(C)C. The zero-order chi connectivity index (χ0) is 40.2. The highest BCUT2D eigenvalue weighted by atomic mass is 16.4. The molecular formula is C52H46N2O2. The molecule has 0 saturated carbocycles. The van der Waals surface area contributed by atoms with E-state index >= 15 is 0 Å². The maximum Gasteiger partial charge on any atom is 0.178 e. The number of nitrogens with zero attached hydrogens (tertiary/aromatic N) is 2. The number of aromatic nitrogens is 2. The van der Waals surface area contributed by atoms with Gasteiger partial charge < -0.3 is 8.83 Å². The molecule has 4 heteroatoms. The normalized spacial score (nSPS) is 13.4. The molecule has 10 rings (SSSR count). The summed E-state index contributed by atoms with van der Waals surface area (Å²) in [6.07, 6.45) is -1.58. The van der Waals surface area contributed by atoms with E-state index in [1.165, 1.54) is 22.3 Å². The summed E-state index contributed by atoms with van der Waals surface area (Å²) in [4.78, 5) is 5.53. The zero-order valence-electron chi connectivity index (χ0n) is 35.0. The van der Waals surface area contributed by atoms with E-state index in [-0.39, 0.29) is 11.8 Å². The first-order chi connectivity index (χ1) is 27.8. The van der Waals surface area contributed by atoms with Gasteiger partial charge in [-0.1, -0.05) is 127 Å². The molecule has 0 amide bonds. The summed E-state index contributed by atoms with van der Waals surface area (Å²) in [6.45, 7) is 15.0. The van der Waals surface area contributed by atoms with E-state index in [1.807, 2.05) is 45.0 Å². The molecule has 0 saturated heterocycles. The van der Waals surface area contributed by atoms with Crippen LogP contribution in [-0.4, -0.2) is 9.55 Å². The average Bonchev–Trinajstić information content (AvgIpc) is 3.91. The Bertz CT molecular complexity index is 3220. The molecule has 0 N–H and O–H groups in total. The number of hydrogen-bond acceptors (Lipinski definition) is 3. The molecule has 0 radical (unpaired) electrons. The Hall–Kier alpha value is -6.13. The largest absolute Gasteiger partial charge is 0.452 e. The number of para-hydroxylation sites is 2. The monoisotopic (exact) mass is 732 g/mol. The molecule has 0 unspecified atom stereocenters. The van der Waals surface area contributed by atoms with Gasteiger partial charge >= 0.3 is 0 Å². The number of benzene rings is 7. The minimum atomic E-state index is -1.58. The molecule has 0 atom stereocenters. The van der Waals surface area contributed by atoms with E-state index in [9.17, 15) is 2.74 Å². The van der Waals surface area contributed by atoms with Crippen LogP contribution in [0.15, 0.2) is 136 Å². The Morgan fingerprint density at radius 1 is 0.607 bits per heavy atom. The van der Waals surface area contributed by atoms with E-state index in [1.54, 1.807) is 0 Å². The van der Waals surface area contributed by atoms with Gasteiger partial charge in [0.15, 0.2) is 11.2 Å². The zero-order valence-corrected chi connectivity index (χ0v) is 33.0. The van der Waals surface area contributed by atoms with Gasteiger partial charge in [-0.25, -0.2) is 4.98 Å². The second-order valence-corrected chi connectivity index (χ2v) is 16.9. The highest BCUT2D eigenvalue weighted by molar-refractivity contribution is 6.20.